The molecule has 3 aromatic heterocycles. The lowest BCUT2D eigenvalue weighted by Crippen LogP contribution is -2.23. The molecule has 5 heteroatoms. The van der Waals surface area contributed by atoms with Crippen LogP contribution >= 0.6 is 0 Å². The van der Waals surface area contributed by atoms with Gasteiger partial charge in [0.05, 0.1) is 5.69 Å². The smallest absolute Gasteiger partial charge is 0.267 e. The number of aromatic amines is 1. The van der Waals surface area contributed by atoms with E-state index in [4.69, 9.17) is 0 Å². The standard InChI is InChI=1S/C20H16N4O/c25-20(18-12-15-4-1-2-6-17(15)24-18)23-13-16-5-3-9-22-19(16)14-7-10-21-11-8-14/h1-12,24H,13H2,(H,23,25). The molecule has 0 fully saturated rings. The first-order chi connectivity index (χ1) is 12.3. The van der Waals surface area contributed by atoms with Crippen molar-refractivity contribution in [1.29, 1.82) is 0 Å². The summed E-state index contributed by atoms with van der Waals surface area (Å²) in [6.45, 7) is 0.402. The maximum Gasteiger partial charge on any atom is 0.267 e. The van der Waals surface area contributed by atoms with Crippen molar-refractivity contribution in [1.82, 2.24) is 20.3 Å². The number of pyridine rings is 2. The Morgan fingerprint density at radius 2 is 1.84 bits per heavy atom. The summed E-state index contributed by atoms with van der Waals surface area (Å²) in [5, 5.41) is 3.98. The highest BCUT2D eigenvalue weighted by molar-refractivity contribution is 5.98. The van der Waals surface area contributed by atoms with Gasteiger partial charge in [0.2, 0.25) is 0 Å². The lowest BCUT2D eigenvalue weighted by Gasteiger charge is -2.09. The summed E-state index contributed by atoms with van der Waals surface area (Å²) in [7, 11) is 0. The van der Waals surface area contributed by atoms with E-state index < -0.39 is 0 Å². The van der Waals surface area contributed by atoms with Crippen LogP contribution in [0.5, 0.6) is 0 Å². The number of para-hydroxylation sites is 1. The van der Waals surface area contributed by atoms with Crippen molar-refractivity contribution in [3.63, 3.8) is 0 Å². The Hall–Kier alpha value is -3.47. The lowest BCUT2D eigenvalue weighted by atomic mass is 10.1. The molecule has 1 aromatic carbocycles. The maximum atomic E-state index is 12.5. The molecule has 0 saturated heterocycles. The first-order valence-electron chi connectivity index (χ1n) is 8.01. The summed E-state index contributed by atoms with van der Waals surface area (Å²) in [5.74, 6) is -0.138. The number of carbonyl (C=O) groups excluding carboxylic acids is 1. The van der Waals surface area contributed by atoms with Crippen LogP contribution in [-0.2, 0) is 6.54 Å². The number of amides is 1. The lowest BCUT2D eigenvalue weighted by molar-refractivity contribution is 0.0947. The maximum absolute atomic E-state index is 12.5. The fraction of sp³-hybridized carbons (Fsp3) is 0.0500. The molecule has 0 bridgehead atoms. The molecule has 4 aromatic rings. The quantitative estimate of drug-likeness (QED) is 0.602. The van der Waals surface area contributed by atoms with Crippen LogP contribution < -0.4 is 5.32 Å². The van der Waals surface area contributed by atoms with Crippen LogP contribution in [0.3, 0.4) is 0 Å². The second kappa shape index (κ2) is 6.57. The van der Waals surface area contributed by atoms with Crippen LogP contribution in [-0.4, -0.2) is 20.9 Å². The third kappa shape index (κ3) is 3.12. The van der Waals surface area contributed by atoms with Gasteiger partial charge in [-0.3, -0.25) is 14.8 Å². The van der Waals surface area contributed by atoms with E-state index in [0.717, 1.165) is 27.7 Å². The third-order valence-electron chi connectivity index (χ3n) is 4.06. The highest BCUT2D eigenvalue weighted by Gasteiger charge is 2.11. The number of aromatic nitrogens is 3. The van der Waals surface area contributed by atoms with Gasteiger partial charge >= 0.3 is 0 Å². The first-order valence-corrected chi connectivity index (χ1v) is 8.01. The number of rotatable bonds is 4. The Kier molecular flexibility index (Phi) is 3.96. The zero-order chi connectivity index (χ0) is 17.1. The SMILES string of the molecule is O=C(NCc1cccnc1-c1ccncc1)c1cc2ccccc2[nH]1. The van der Waals surface area contributed by atoms with Crippen molar-refractivity contribution in [2.24, 2.45) is 0 Å². The van der Waals surface area contributed by atoms with Gasteiger partial charge in [0.1, 0.15) is 5.69 Å². The van der Waals surface area contributed by atoms with Crippen LogP contribution in [0.25, 0.3) is 22.2 Å². The molecule has 122 valence electrons. The second-order valence-electron chi connectivity index (χ2n) is 5.70. The van der Waals surface area contributed by atoms with Crippen molar-refractivity contribution < 1.29 is 4.79 Å². The Morgan fingerprint density at radius 3 is 2.68 bits per heavy atom. The predicted molar refractivity (Wildman–Crippen MR) is 96.9 cm³/mol. The van der Waals surface area contributed by atoms with Crippen LogP contribution in [0.4, 0.5) is 0 Å². The fourth-order valence-electron chi connectivity index (χ4n) is 2.82. The molecule has 0 atom stereocenters. The molecule has 3 heterocycles. The van der Waals surface area contributed by atoms with Gasteiger partial charge in [-0.25, -0.2) is 0 Å². The molecule has 0 unspecified atom stereocenters. The number of hydrogen-bond acceptors (Lipinski definition) is 3. The van der Waals surface area contributed by atoms with Crippen LogP contribution in [0.1, 0.15) is 16.1 Å². The van der Waals surface area contributed by atoms with E-state index >= 15 is 0 Å². The van der Waals surface area contributed by atoms with E-state index in [1.165, 1.54) is 0 Å². The van der Waals surface area contributed by atoms with Crippen molar-refractivity contribution in [3.05, 3.63) is 84.4 Å². The molecule has 0 radical (unpaired) electrons. The highest BCUT2D eigenvalue weighted by Crippen LogP contribution is 2.20. The minimum absolute atomic E-state index is 0.138. The van der Waals surface area contributed by atoms with E-state index in [1.54, 1.807) is 18.6 Å². The van der Waals surface area contributed by atoms with E-state index in [9.17, 15) is 4.79 Å². The summed E-state index contributed by atoms with van der Waals surface area (Å²) in [6.07, 6.45) is 5.21. The monoisotopic (exact) mass is 328 g/mol. The number of nitrogens with zero attached hydrogens (tertiary/aromatic N) is 2. The highest BCUT2D eigenvalue weighted by atomic mass is 16.1. The average Bonchev–Trinajstić information content (AvgIpc) is 3.11. The summed E-state index contributed by atoms with van der Waals surface area (Å²) in [5.41, 5.74) is 4.28. The van der Waals surface area contributed by atoms with Gasteiger partial charge in [-0.05, 0) is 35.9 Å². The molecule has 1 amide bonds. The van der Waals surface area contributed by atoms with Crippen LogP contribution in [0.15, 0.2) is 73.2 Å². The van der Waals surface area contributed by atoms with Crippen molar-refractivity contribution >= 4 is 16.8 Å². The van der Waals surface area contributed by atoms with Gasteiger partial charge in [-0.1, -0.05) is 24.3 Å². The van der Waals surface area contributed by atoms with Gasteiger partial charge in [-0.15, -0.1) is 0 Å². The zero-order valence-corrected chi connectivity index (χ0v) is 13.4. The normalized spacial score (nSPS) is 10.7. The average molecular weight is 328 g/mol. The minimum atomic E-state index is -0.138. The van der Waals surface area contributed by atoms with E-state index in [-0.39, 0.29) is 5.91 Å². The Bertz CT molecular complexity index is 991. The second-order valence-corrected chi connectivity index (χ2v) is 5.70. The molecule has 0 spiro atoms. The van der Waals surface area contributed by atoms with Gasteiger partial charge in [0, 0.05) is 41.6 Å². The third-order valence-corrected chi connectivity index (χ3v) is 4.06. The molecule has 0 saturated carbocycles. The number of nitrogens with one attached hydrogen (secondary N) is 2. The minimum Gasteiger partial charge on any atom is -0.351 e. The van der Waals surface area contributed by atoms with Crippen molar-refractivity contribution in [2.45, 2.75) is 6.54 Å². The Labute approximate surface area is 144 Å². The molecule has 25 heavy (non-hydrogen) atoms. The summed E-state index contributed by atoms with van der Waals surface area (Å²) >= 11 is 0. The summed E-state index contributed by atoms with van der Waals surface area (Å²) < 4.78 is 0. The molecule has 4 rings (SSSR count). The van der Waals surface area contributed by atoms with Crippen molar-refractivity contribution in [2.75, 3.05) is 0 Å². The number of benzene rings is 1. The summed E-state index contributed by atoms with van der Waals surface area (Å²) in [6, 6.07) is 17.3. The zero-order valence-electron chi connectivity index (χ0n) is 13.4. The van der Waals surface area contributed by atoms with E-state index in [0.29, 0.717) is 12.2 Å². The molecule has 0 aliphatic heterocycles. The van der Waals surface area contributed by atoms with Crippen LogP contribution in [0.2, 0.25) is 0 Å². The number of fused-ring (bicyclic) bond motifs is 1. The number of H-pyrrole nitrogens is 1. The fourth-order valence-corrected chi connectivity index (χ4v) is 2.82. The Morgan fingerprint density at radius 1 is 1.00 bits per heavy atom. The predicted octanol–water partition coefficient (Wildman–Crippen LogP) is 3.55. The number of hydrogen-bond donors (Lipinski definition) is 2. The van der Waals surface area contributed by atoms with E-state index in [2.05, 4.69) is 20.3 Å². The van der Waals surface area contributed by atoms with Gasteiger partial charge in [-0.2, -0.15) is 0 Å². The number of carbonyl (C=O) groups is 1. The largest absolute Gasteiger partial charge is 0.351 e. The van der Waals surface area contributed by atoms with Crippen molar-refractivity contribution in [3.8, 4) is 11.3 Å². The molecular weight excluding hydrogens is 312 g/mol. The topological polar surface area (TPSA) is 70.7 Å². The molecular formula is C20H16N4O. The molecule has 5 nitrogen and oxygen atoms in total. The first kappa shape index (κ1) is 15.1. The summed E-state index contributed by atoms with van der Waals surface area (Å²) in [4.78, 5) is 24.1. The molecule has 2 N–H and O–H groups in total. The van der Waals surface area contributed by atoms with Crippen LogP contribution in [0, 0.1) is 0 Å². The van der Waals surface area contributed by atoms with Gasteiger partial charge < -0.3 is 10.3 Å². The van der Waals surface area contributed by atoms with Gasteiger partial charge in [0.15, 0.2) is 0 Å². The molecule has 0 aliphatic rings. The van der Waals surface area contributed by atoms with E-state index in [1.807, 2.05) is 54.6 Å². The van der Waals surface area contributed by atoms with Gasteiger partial charge in [0.25, 0.3) is 5.91 Å². The Balaban J connectivity index is 1.54. The molecule has 0 aliphatic carbocycles.